The number of carboxylic acids is 1. The van der Waals surface area contributed by atoms with Crippen molar-refractivity contribution in [1.29, 1.82) is 0 Å². The highest BCUT2D eigenvalue weighted by Gasteiger charge is 2.09. The number of carboxylic acid groups (broad SMARTS) is 1. The summed E-state index contributed by atoms with van der Waals surface area (Å²) in [5, 5.41) is 9.95. The Kier molecular flexibility index (Phi) is 3.38. The number of nitrogens with zero attached hydrogens (tertiary/aromatic N) is 1. The van der Waals surface area contributed by atoms with Gasteiger partial charge < -0.3 is 5.11 Å². The number of hydrogen-bond donors (Lipinski definition) is 1. The average Bonchev–Trinajstić information content (AvgIpc) is 2.35. The van der Waals surface area contributed by atoms with Crippen LogP contribution in [0.25, 0.3) is 10.9 Å². The summed E-state index contributed by atoms with van der Waals surface area (Å²) in [5.74, 6) is -0.926. The Bertz CT molecular complexity index is 549. The first-order chi connectivity index (χ1) is 8.22. The van der Waals surface area contributed by atoms with Crippen molar-refractivity contribution in [3.63, 3.8) is 0 Å². The first-order valence-corrected chi connectivity index (χ1v) is 5.83. The van der Waals surface area contributed by atoms with Crippen LogP contribution in [0.15, 0.2) is 30.5 Å². The fraction of sp³-hybridized carbons (Fsp3) is 0.286. The monoisotopic (exact) mass is 229 g/mol. The van der Waals surface area contributed by atoms with Gasteiger partial charge in [-0.05, 0) is 30.5 Å². The number of carbonyl (C=O) groups is 1. The van der Waals surface area contributed by atoms with Gasteiger partial charge in [0.2, 0.25) is 0 Å². The van der Waals surface area contributed by atoms with Crippen molar-refractivity contribution in [3.05, 3.63) is 41.6 Å². The van der Waals surface area contributed by atoms with Gasteiger partial charge in [0, 0.05) is 11.6 Å². The van der Waals surface area contributed by atoms with Crippen molar-refractivity contribution < 1.29 is 9.90 Å². The Morgan fingerprint density at radius 1 is 1.41 bits per heavy atom. The number of fused-ring (bicyclic) bond motifs is 1. The van der Waals surface area contributed by atoms with Gasteiger partial charge in [-0.2, -0.15) is 0 Å². The summed E-state index contributed by atoms with van der Waals surface area (Å²) >= 11 is 0. The lowest BCUT2D eigenvalue weighted by molar-refractivity contribution is 0.0699. The lowest BCUT2D eigenvalue weighted by atomic mass is 10.1. The maximum absolute atomic E-state index is 11.0. The zero-order valence-electron chi connectivity index (χ0n) is 9.81. The summed E-state index contributed by atoms with van der Waals surface area (Å²) in [7, 11) is 0. The Labute approximate surface area is 100 Å². The van der Waals surface area contributed by atoms with Crippen molar-refractivity contribution in [2.45, 2.75) is 26.2 Å². The molecule has 0 aliphatic rings. The summed E-state index contributed by atoms with van der Waals surface area (Å²) in [6, 6.07) is 7.29. The maximum Gasteiger partial charge on any atom is 0.337 e. The molecule has 0 atom stereocenters. The minimum absolute atomic E-state index is 0.268. The fourth-order valence-electron chi connectivity index (χ4n) is 1.90. The fourth-order valence-corrected chi connectivity index (χ4v) is 1.90. The van der Waals surface area contributed by atoms with Crippen molar-refractivity contribution >= 4 is 16.9 Å². The molecule has 1 N–H and O–H groups in total. The quantitative estimate of drug-likeness (QED) is 0.875. The highest BCUT2D eigenvalue weighted by molar-refractivity contribution is 6.01. The van der Waals surface area contributed by atoms with Crippen LogP contribution >= 0.6 is 0 Å². The number of pyridine rings is 1. The van der Waals surface area contributed by atoms with Crippen LogP contribution < -0.4 is 0 Å². The van der Waals surface area contributed by atoms with E-state index in [2.05, 4.69) is 11.9 Å². The Hall–Kier alpha value is -1.90. The van der Waals surface area contributed by atoms with Crippen molar-refractivity contribution in [3.8, 4) is 0 Å². The van der Waals surface area contributed by atoms with Gasteiger partial charge in [-0.25, -0.2) is 4.79 Å². The third-order valence-electron chi connectivity index (χ3n) is 2.82. The smallest absolute Gasteiger partial charge is 0.337 e. The second-order valence-corrected chi connectivity index (χ2v) is 4.13. The topological polar surface area (TPSA) is 50.2 Å². The van der Waals surface area contributed by atoms with Crippen LogP contribution in [0.2, 0.25) is 0 Å². The molecule has 0 spiro atoms. The van der Waals surface area contributed by atoms with E-state index >= 15 is 0 Å². The van der Waals surface area contributed by atoms with E-state index in [-0.39, 0.29) is 5.56 Å². The summed E-state index contributed by atoms with van der Waals surface area (Å²) in [5.41, 5.74) is 2.01. The molecule has 0 aliphatic carbocycles. The summed E-state index contributed by atoms with van der Waals surface area (Å²) in [6.45, 7) is 2.15. The highest BCUT2D eigenvalue weighted by Crippen LogP contribution is 2.18. The zero-order chi connectivity index (χ0) is 12.3. The van der Waals surface area contributed by atoms with E-state index in [4.69, 9.17) is 5.11 Å². The van der Waals surface area contributed by atoms with Crippen LogP contribution in [0.3, 0.4) is 0 Å². The molecule has 0 saturated heterocycles. The predicted molar refractivity (Wildman–Crippen MR) is 67.3 cm³/mol. The summed E-state index contributed by atoms with van der Waals surface area (Å²) in [4.78, 5) is 15.3. The molecule has 1 aromatic carbocycles. The molecule has 17 heavy (non-hydrogen) atoms. The molecule has 2 rings (SSSR count). The van der Waals surface area contributed by atoms with Gasteiger partial charge in [0.15, 0.2) is 0 Å². The predicted octanol–water partition coefficient (Wildman–Crippen LogP) is 3.28. The number of unbranched alkanes of at least 4 members (excludes halogenated alkanes) is 1. The number of para-hydroxylation sites is 1. The zero-order valence-corrected chi connectivity index (χ0v) is 9.81. The first-order valence-electron chi connectivity index (χ1n) is 5.83. The molecule has 0 bridgehead atoms. The number of hydrogen-bond acceptors (Lipinski definition) is 2. The highest BCUT2D eigenvalue weighted by atomic mass is 16.4. The Balaban J connectivity index is 2.45. The van der Waals surface area contributed by atoms with E-state index in [1.165, 1.54) is 5.56 Å². The van der Waals surface area contributed by atoms with Crippen LogP contribution in [-0.2, 0) is 6.42 Å². The molecule has 0 radical (unpaired) electrons. The molecule has 0 amide bonds. The van der Waals surface area contributed by atoms with E-state index in [0.29, 0.717) is 5.52 Å². The molecule has 0 fully saturated rings. The second-order valence-electron chi connectivity index (χ2n) is 4.13. The van der Waals surface area contributed by atoms with Crippen LogP contribution in [0.1, 0.15) is 35.7 Å². The summed E-state index contributed by atoms with van der Waals surface area (Å²) < 4.78 is 0. The third kappa shape index (κ3) is 2.44. The van der Waals surface area contributed by atoms with Crippen molar-refractivity contribution in [2.75, 3.05) is 0 Å². The molecule has 0 saturated carbocycles. The SMILES string of the molecule is CCCCc1cnc2c(C(=O)O)cccc2c1. The van der Waals surface area contributed by atoms with Gasteiger partial charge in [-0.3, -0.25) is 4.98 Å². The summed E-state index contributed by atoms with van der Waals surface area (Å²) in [6.07, 6.45) is 5.06. The molecule has 3 heteroatoms. The Morgan fingerprint density at radius 2 is 2.24 bits per heavy atom. The lowest BCUT2D eigenvalue weighted by Gasteiger charge is -2.04. The van der Waals surface area contributed by atoms with E-state index < -0.39 is 5.97 Å². The number of aromatic nitrogens is 1. The number of aryl methyl sites for hydroxylation is 1. The van der Waals surface area contributed by atoms with Crippen LogP contribution in [0.4, 0.5) is 0 Å². The molecule has 1 aromatic heterocycles. The minimum atomic E-state index is -0.926. The first kappa shape index (κ1) is 11.6. The van der Waals surface area contributed by atoms with E-state index in [1.54, 1.807) is 18.3 Å². The van der Waals surface area contributed by atoms with Crippen molar-refractivity contribution in [1.82, 2.24) is 4.98 Å². The second kappa shape index (κ2) is 4.95. The average molecular weight is 229 g/mol. The standard InChI is InChI=1S/C14H15NO2/c1-2-3-5-10-8-11-6-4-7-12(14(16)17)13(11)15-9-10/h4,6-9H,2-3,5H2,1H3,(H,16,17). The van der Waals surface area contributed by atoms with Crippen LogP contribution in [0, 0.1) is 0 Å². The molecule has 88 valence electrons. The molecule has 1 heterocycles. The number of rotatable bonds is 4. The van der Waals surface area contributed by atoms with Crippen LogP contribution in [-0.4, -0.2) is 16.1 Å². The van der Waals surface area contributed by atoms with E-state index in [0.717, 1.165) is 24.6 Å². The molecular formula is C14H15NO2. The van der Waals surface area contributed by atoms with E-state index in [9.17, 15) is 4.79 Å². The third-order valence-corrected chi connectivity index (χ3v) is 2.82. The van der Waals surface area contributed by atoms with Crippen LogP contribution in [0.5, 0.6) is 0 Å². The largest absolute Gasteiger partial charge is 0.478 e. The van der Waals surface area contributed by atoms with Gasteiger partial charge in [-0.1, -0.05) is 25.5 Å². The van der Waals surface area contributed by atoms with Gasteiger partial charge in [0.05, 0.1) is 11.1 Å². The van der Waals surface area contributed by atoms with Gasteiger partial charge in [-0.15, -0.1) is 0 Å². The van der Waals surface area contributed by atoms with Gasteiger partial charge in [0.25, 0.3) is 0 Å². The van der Waals surface area contributed by atoms with Gasteiger partial charge in [0.1, 0.15) is 0 Å². The maximum atomic E-state index is 11.0. The lowest BCUT2D eigenvalue weighted by Crippen LogP contribution is -1.99. The number of aromatic carboxylic acids is 1. The van der Waals surface area contributed by atoms with Gasteiger partial charge >= 0.3 is 5.97 Å². The molecule has 3 nitrogen and oxygen atoms in total. The van der Waals surface area contributed by atoms with E-state index in [1.807, 2.05) is 12.1 Å². The number of benzene rings is 1. The minimum Gasteiger partial charge on any atom is -0.478 e. The molecule has 2 aromatic rings. The molecular weight excluding hydrogens is 214 g/mol. The molecule has 0 aliphatic heterocycles. The van der Waals surface area contributed by atoms with Crippen molar-refractivity contribution in [2.24, 2.45) is 0 Å². The molecule has 0 unspecified atom stereocenters. The normalized spacial score (nSPS) is 10.6. The Morgan fingerprint density at radius 3 is 2.94 bits per heavy atom.